The molecule has 22 heavy (non-hydrogen) atoms. The van der Waals surface area contributed by atoms with E-state index < -0.39 is 6.09 Å². The van der Waals surface area contributed by atoms with Crippen molar-refractivity contribution in [2.24, 2.45) is 0 Å². The number of carboxylic acid groups (broad SMARTS) is 1. The summed E-state index contributed by atoms with van der Waals surface area (Å²) in [5.74, 6) is 0.197. The van der Waals surface area contributed by atoms with Gasteiger partial charge in [-0.3, -0.25) is 4.98 Å². The van der Waals surface area contributed by atoms with E-state index in [1.807, 2.05) is 5.38 Å². The molecule has 0 fully saturated rings. The molecule has 110 valence electrons. The van der Waals surface area contributed by atoms with Crippen LogP contribution in [-0.2, 0) is 0 Å². The number of benzene rings is 1. The van der Waals surface area contributed by atoms with Crippen molar-refractivity contribution >= 4 is 40.5 Å². The predicted molar refractivity (Wildman–Crippen MR) is 84.8 cm³/mol. The average molecular weight is 333 g/mol. The van der Waals surface area contributed by atoms with Crippen molar-refractivity contribution < 1.29 is 9.90 Å². The Hall–Kier alpha value is -2.51. The molecule has 6 nitrogen and oxygen atoms in total. The molecule has 2 aromatic heterocycles. The number of anilines is 2. The molecule has 0 atom stereocenters. The van der Waals surface area contributed by atoms with Gasteiger partial charge in [0.2, 0.25) is 0 Å². The molecule has 1 aromatic carbocycles. The summed E-state index contributed by atoms with van der Waals surface area (Å²) in [4.78, 5) is 25.2. The van der Waals surface area contributed by atoms with Crippen LogP contribution in [0.3, 0.4) is 0 Å². The molecule has 1 N–H and O–H groups in total. The molecule has 0 saturated carbocycles. The summed E-state index contributed by atoms with van der Waals surface area (Å²) in [7, 11) is 0. The third-order valence-electron chi connectivity index (χ3n) is 2.78. The van der Waals surface area contributed by atoms with Crippen LogP contribution in [0.15, 0.2) is 48.2 Å². The molecule has 1 amide bonds. The fraction of sp³-hybridized carbons (Fsp3) is 0. The Labute approximate surface area is 134 Å². The van der Waals surface area contributed by atoms with E-state index >= 15 is 0 Å². The van der Waals surface area contributed by atoms with Crippen LogP contribution in [0.25, 0.3) is 10.7 Å². The number of aromatic nitrogens is 3. The first-order valence-corrected chi connectivity index (χ1v) is 7.41. The van der Waals surface area contributed by atoms with E-state index in [4.69, 9.17) is 11.6 Å². The van der Waals surface area contributed by atoms with E-state index in [9.17, 15) is 9.90 Å². The number of amides is 1. The number of thiazole rings is 1. The minimum Gasteiger partial charge on any atom is -0.464 e. The summed E-state index contributed by atoms with van der Waals surface area (Å²) in [6.45, 7) is 0. The Morgan fingerprint density at radius 2 is 2.00 bits per heavy atom. The van der Waals surface area contributed by atoms with Crippen LogP contribution in [0, 0.1) is 0 Å². The monoisotopic (exact) mass is 332 g/mol. The molecule has 0 unspecified atom stereocenters. The number of nitrogens with zero attached hydrogens (tertiary/aromatic N) is 4. The molecular weight excluding hydrogens is 324 g/mol. The topological polar surface area (TPSA) is 79.2 Å². The van der Waals surface area contributed by atoms with Crippen LogP contribution >= 0.6 is 22.9 Å². The molecule has 0 aliphatic heterocycles. The van der Waals surface area contributed by atoms with Crippen molar-refractivity contribution in [1.29, 1.82) is 0 Å². The Morgan fingerprint density at radius 1 is 1.23 bits per heavy atom. The van der Waals surface area contributed by atoms with E-state index in [-0.39, 0.29) is 5.82 Å². The molecule has 0 radical (unpaired) electrons. The molecule has 0 saturated heterocycles. The van der Waals surface area contributed by atoms with Gasteiger partial charge in [-0.05, 0) is 24.3 Å². The summed E-state index contributed by atoms with van der Waals surface area (Å²) >= 11 is 7.24. The summed E-state index contributed by atoms with van der Waals surface area (Å²) < 4.78 is 0. The van der Waals surface area contributed by atoms with Gasteiger partial charge in [0.1, 0.15) is 10.7 Å². The lowest BCUT2D eigenvalue weighted by atomic mass is 10.3. The van der Waals surface area contributed by atoms with Crippen molar-refractivity contribution in [3.63, 3.8) is 0 Å². The SMILES string of the molecule is O=C(O)N(c1ccc(Cl)cc1)c1cncc(-c2nccs2)n1. The Balaban J connectivity index is 2.04. The fourth-order valence-electron chi connectivity index (χ4n) is 1.85. The van der Waals surface area contributed by atoms with Gasteiger partial charge in [-0.15, -0.1) is 11.3 Å². The minimum absolute atomic E-state index is 0.197. The van der Waals surface area contributed by atoms with Gasteiger partial charge in [0.15, 0.2) is 5.82 Å². The lowest BCUT2D eigenvalue weighted by molar-refractivity contribution is 0.204. The lowest BCUT2D eigenvalue weighted by Crippen LogP contribution is -2.24. The summed E-state index contributed by atoms with van der Waals surface area (Å²) in [6, 6.07) is 6.44. The van der Waals surface area contributed by atoms with Crippen LogP contribution in [0.4, 0.5) is 16.3 Å². The first kappa shape index (κ1) is 14.4. The smallest absolute Gasteiger partial charge is 0.417 e. The molecular formula is C14H9ClN4O2S. The van der Waals surface area contributed by atoms with Gasteiger partial charge in [-0.1, -0.05) is 11.6 Å². The predicted octanol–water partition coefficient (Wildman–Crippen LogP) is 4.07. The number of halogens is 1. The van der Waals surface area contributed by atoms with E-state index in [0.717, 1.165) is 4.90 Å². The zero-order valence-corrected chi connectivity index (χ0v) is 12.6. The molecule has 8 heteroatoms. The first-order chi connectivity index (χ1) is 10.6. The van der Waals surface area contributed by atoms with Gasteiger partial charge in [-0.25, -0.2) is 19.7 Å². The Kier molecular flexibility index (Phi) is 3.99. The van der Waals surface area contributed by atoms with Gasteiger partial charge in [0.25, 0.3) is 0 Å². The molecule has 0 aliphatic rings. The zero-order chi connectivity index (χ0) is 15.5. The number of carbonyl (C=O) groups is 1. The van der Waals surface area contributed by atoms with Crippen molar-refractivity contribution in [3.05, 3.63) is 53.3 Å². The van der Waals surface area contributed by atoms with Gasteiger partial charge in [0, 0.05) is 16.6 Å². The van der Waals surface area contributed by atoms with E-state index in [1.165, 1.54) is 17.5 Å². The van der Waals surface area contributed by atoms with Gasteiger partial charge in [0.05, 0.1) is 18.1 Å². The highest BCUT2D eigenvalue weighted by Crippen LogP contribution is 2.27. The zero-order valence-electron chi connectivity index (χ0n) is 11.0. The van der Waals surface area contributed by atoms with E-state index in [2.05, 4.69) is 15.0 Å². The minimum atomic E-state index is -1.16. The van der Waals surface area contributed by atoms with Crippen LogP contribution < -0.4 is 4.90 Å². The third-order valence-corrected chi connectivity index (χ3v) is 3.83. The lowest BCUT2D eigenvalue weighted by Gasteiger charge is -2.18. The Bertz CT molecular complexity index is 793. The highest BCUT2D eigenvalue weighted by Gasteiger charge is 2.19. The second-order valence-electron chi connectivity index (χ2n) is 4.19. The largest absolute Gasteiger partial charge is 0.464 e. The summed E-state index contributed by atoms with van der Waals surface area (Å²) in [5.41, 5.74) is 0.954. The molecule has 2 heterocycles. The second-order valence-corrected chi connectivity index (χ2v) is 5.53. The third kappa shape index (κ3) is 2.90. The standard InChI is InChI=1S/C14H9ClN4O2S/c15-9-1-3-10(4-2-9)19(14(20)21)12-8-16-7-11(18-12)13-17-5-6-22-13/h1-8H,(H,20,21). The normalized spacial score (nSPS) is 10.4. The van der Waals surface area contributed by atoms with Crippen LogP contribution in [0.2, 0.25) is 5.02 Å². The first-order valence-electron chi connectivity index (χ1n) is 6.15. The van der Waals surface area contributed by atoms with Crippen LogP contribution in [0.1, 0.15) is 0 Å². The maximum Gasteiger partial charge on any atom is 0.417 e. The maximum absolute atomic E-state index is 11.6. The molecule has 0 spiro atoms. The second kappa shape index (κ2) is 6.08. The molecule has 3 rings (SSSR count). The molecule has 3 aromatic rings. The van der Waals surface area contributed by atoms with Gasteiger partial charge < -0.3 is 5.11 Å². The summed E-state index contributed by atoms with van der Waals surface area (Å²) in [5, 5.41) is 12.5. The van der Waals surface area contributed by atoms with E-state index in [1.54, 1.807) is 36.7 Å². The van der Waals surface area contributed by atoms with Gasteiger partial charge >= 0.3 is 6.09 Å². The fourth-order valence-corrected chi connectivity index (χ4v) is 2.56. The van der Waals surface area contributed by atoms with E-state index in [0.29, 0.717) is 21.4 Å². The number of hydrogen-bond donors (Lipinski definition) is 1. The van der Waals surface area contributed by atoms with Crippen LogP contribution in [0.5, 0.6) is 0 Å². The van der Waals surface area contributed by atoms with Crippen molar-refractivity contribution in [2.45, 2.75) is 0 Å². The average Bonchev–Trinajstić information content (AvgIpc) is 3.04. The highest BCUT2D eigenvalue weighted by atomic mass is 35.5. The van der Waals surface area contributed by atoms with Crippen molar-refractivity contribution in [3.8, 4) is 10.7 Å². The molecule has 0 aliphatic carbocycles. The van der Waals surface area contributed by atoms with Crippen molar-refractivity contribution in [1.82, 2.24) is 15.0 Å². The van der Waals surface area contributed by atoms with Crippen LogP contribution in [-0.4, -0.2) is 26.2 Å². The number of rotatable bonds is 3. The quantitative estimate of drug-likeness (QED) is 0.782. The Morgan fingerprint density at radius 3 is 2.64 bits per heavy atom. The summed E-state index contributed by atoms with van der Waals surface area (Å²) in [6.07, 6.45) is 3.43. The number of hydrogen-bond acceptors (Lipinski definition) is 5. The van der Waals surface area contributed by atoms with Gasteiger partial charge in [-0.2, -0.15) is 0 Å². The maximum atomic E-state index is 11.6. The highest BCUT2D eigenvalue weighted by molar-refractivity contribution is 7.13. The molecule has 0 bridgehead atoms. The van der Waals surface area contributed by atoms with Crippen molar-refractivity contribution in [2.75, 3.05) is 4.90 Å².